The molecule has 10 nitrogen and oxygen atoms in total. The Balaban J connectivity index is 1.32. The number of aromatic nitrogens is 5. The van der Waals surface area contributed by atoms with Crippen molar-refractivity contribution in [2.24, 2.45) is 0 Å². The molecular weight excluding hydrogens is 560 g/mol. The number of methoxy groups -OCH3 is 1. The van der Waals surface area contributed by atoms with Crippen molar-refractivity contribution in [1.29, 1.82) is 0 Å². The molecule has 2 fully saturated rings. The number of nitrogens with zero attached hydrogens (tertiary/aromatic N) is 6. The summed E-state index contributed by atoms with van der Waals surface area (Å²) < 4.78 is 28.1. The van der Waals surface area contributed by atoms with E-state index in [1.807, 2.05) is 39.8 Å². The lowest BCUT2D eigenvalue weighted by atomic mass is 9.71. The number of hydrogen-bond acceptors (Lipinski definition) is 8. The Morgan fingerprint density at radius 2 is 1.91 bits per heavy atom. The first-order chi connectivity index (χ1) is 20.8. The van der Waals surface area contributed by atoms with E-state index in [1.165, 1.54) is 5.56 Å². The predicted molar refractivity (Wildman–Crippen MR) is 169 cm³/mol. The lowest BCUT2D eigenvalue weighted by Crippen LogP contribution is -2.48. The molecule has 0 bridgehead atoms. The van der Waals surface area contributed by atoms with Crippen molar-refractivity contribution < 1.29 is 18.9 Å². The fourth-order valence-electron chi connectivity index (χ4n) is 5.96. The van der Waals surface area contributed by atoms with E-state index in [0.29, 0.717) is 26.6 Å². The molecule has 1 aliphatic heterocycles. The van der Waals surface area contributed by atoms with Gasteiger partial charge in [0.1, 0.15) is 12.5 Å². The van der Waals surface area contributed by atoms with Crippen molar-refractivity contribution in [3.8, 4) is 5.82 Å². The minimum Gasteiger partial charge on any atom is -0.377 e. The summed E-state index contributed by atoms with van der Waals surface area (Å²) in [5.74, 6) is 1.72. The molecular formula is C32H44N6O4Si. The summed E-state index contributed by atoms with van der Waals surface area (Å²) in [6.45, 7) is 13.0. The zero-order chi connectivity index (χ0) is 30.0. The molecule has 11 heteroatoms. The third kappa shape index (κ3) is 6.41. The van der Waals surface area contributed by atoms with Crippen LogP contribution in [0.15, 0.2) is 54.9 Å². The molecule has 1 aliphatic carbocycles. The van der Waals surface area contributed by atoms with Gasteiger partial charge in [-0.2, -0.15) is 14.9 Å². The maximum absolute atomic E-state index is 6.31. The van der Waals surface area contributed by atoms with Gasteiger partial charge in [-0.15, -0.1) is 0 Å². The molecule has 1 saturated heterocycles. The molecule has 1 atom stereocenters. The summed E-state index contributed by atoms with van der Waals surface area (Å²) in [4.78, 5) is 7.53. The number of morpholine rings is 1. The van der Waals surface area contributed by atoms with Crippen LogP contribution >= 0.6 is 0 Å². The first-order valence-electron chi connectivity index (χ1n) is 15.3. The standard InChI is InChI=1S/C32H44N6O4Si/c1-24-21-40-14-13-36(24)29-17-28(32(39-2)18-26(19-32)42-22-25-9-7-6-8-10-25)27-20-34-38(31(27)35-29)30-11-12-33-37(30)23-41-15-16-43(3,4)5/h6-12,17,20,24,26H,13-16,18-19,21-23H2,1-5H3/t24-,26?,32?/m1/s1. The van der Waals surface area contributed by atoms with Crippen molar-refractivity contribution in [2.45, 2.75) is 76.5 Å². The van der Waals surface area contributed by atoms with Gasteiger partial charge in [-0.05, 0) is 24.6 Å². The quantitative estimate of drug-likeness (QED) is 0.157. The van der Waals surface area contributed by atoms with Gasteiger partial charge in [0.2, 0.25) is 0 Å². The Bertz CT molecular complexity index is 1510. The third-order valence-corrected chi connectivity index (χ3v) is 10.3. The number of rotatable bonds is 12. The second kappa shape index (κ2) is 12.5. The number of benzene rings is 1. The highest BCUT2D eigenvalue weighted by Gasteiger charge is 2.48. The molecule has 43 heavy (non-hydrogen) atoms. The van der Waals surface area contributed by atoms with Gasteiger partial charge < -0.3 is 23.8 Å². The number of hydrogen-bond donors (Lipinski definition) is 0. The smallest absolute Gasteiger partial charge is 0.167 e. The highest BCUT2D eigenvalue weighted by Crippen LogP contribution is 2.49. The fourth-order valence-corrected chi connectivity index (χ4v) is 6.72. The van der Waals surface area contributed by atoms with Gasteiger partial charge in [-0.3, -0.25) is 0 Å². The lowest BCUT2D eigenvalue weighted by molar-refractivity contribution is -0.167. The van der Waals surface area contributed by atoms with E-state index in [1.54, 1.807) is 13.3 Å². The molecule has 230 valence electrons. The van der Waals surface area contributed by atoms with Gasteiger partial charge in [0, 0.05) is 58.2 Å². The Morgan fingerprint density at radius 1 is 1.09 bits per heavy atom. The second-order valence-corrected chi connectivity index (χ2v) is 18.6. The van der Waals surface area contributed by atoms with E-state index in [2.05, 4.69) is 54.8 Å². The highest BCUT2D eigenvalue weighted by atomic mass is 28.3. The summed E-state index contributed by atoms with van der Waals surface area (Å²) in [5.41, 5.74) is 2.56. The first kappa shape index (κ1) is 30.0. The van der Waals surface area contributed by atoms with E-state index in [-0.39, 0.29) is 12.1 Å². The van der Waals surface area contributed by atoms with Gasteiger partial charge in [0.05, 0.1) is 50.0 Å². The molecule has 4 aromatic rings. The van der Waals surface area contributed by atoms with Crippen molar-refractivity contribution in [1.82, 2.24) is 24.5 Å². The largest absolute Gasteiger partial charge is 0.377 e. The van der Waals surface area contributed by atoms with E-state index in [4.69, 9.17) is 29.0 Å². The Morgan fingerprint density at radius 3 is 2.65 bits per heavy atom. The molecule has 1 saturated carbocycles. The monoisotopic (exact) mass is 604 g/mol. The van der Waals surface area contributed by atoms with Crippen LogP contribution in [0, 0.1) is 0 Å². The van der Waals surface area contributed by atoms with Gasteiger partial charge in [0.25, 0.3) is 0 Å². The molecule has 4 heterocycles. The molecule has 3 aromatic heterocycles. The zero-order valence-corrected chi connectivity index (χ0v) is 27.0. The van der Waals surface area contributed by atoms with Crippen molar-refractivity contribution in [3.63, 3.8) is 0 Å². The molecule has 2 aliphatic rings. The number of ether oxygens (including phenoxy) is 4. The van der Waals surface area contributed by atoms with E-state index in [9.17, 15) is 0 Å². The van der Waals surface area contributed by atoms with E-state index >= 15 is 0 Å². The van der Waals surface area contributed by atoms with Crippen LogP contribution in [0.4, 0.5) is 5.82 Å². The van der Waals surface area contributed by atoms with Crippen LogP contribution in [0.3, 0.4) is 0 Å². The minimum atomic E-state index is -1.18. The van der Waals surface area contributed by atoms with Gasteiger partial charge in [-0.1, -0.05) is 50.0 Å². The normalized spacial score (nSPS) is 22.7. The summed E-state index contributed by atoms with van der Waals surface area (Å²) in [6, 6.07) is 15.8. The molecule has 1 aromatic carbocycles. The summed E-state index contributed by atoms with van der Waals surface area (Å²) >= 11 is 0. The highest BCUT2D eigenvalue weighted by molar-refractivity contribution is 6.76. The SMILES string of the molecule is COC1(c2cc(N3CCOC[C@H]3C)nc3c2cnn3-c2ccnn2COCC[Si](C)(C)C)CC(OCc2ccccc2)C1. The Hall–Kier alpha value is -3.09. The average Bonchev–Trinajstić information content (AvgIpc) is 3.61. The maximum atomic E-state index is 6.31. The Kier molecular flexibility index (Phi) is 8.70. The van der Waals surface area contributed by atoms with Crippen LogP contribution in [0.25, 0.3) is 16.9 Å². The van der Waals surface area contributed by atoms with Crippen LogP contribution in [0.2, 0.25) is 25.7 Å². The maximum Gasteiger partial charge on any atom is 0.167 e. The molecule has 6 rings (SSSR count). The summed E-state index contributed by atoms with van der Waals surface area (Å²) in [7, 11) is 0.618. The second-order valence-electron chi connectivity index (χ2n) is 13.0. The predicted octanol–water partition coefficient (Wildman–Crippen LogP) is 5.38. The Labute approximate surface area is 254 Å². The topological polar surface area (TPSA) is 88.7 Å². The van der Waals surface area contributed by atoms with Crippen molar-refractivity contribution >= 4 is 24.9 Å². The lowest BCUT2D eigenvalue weighted by Gasteiger charge is -2.47. The molecule has 0 amide bonds. The third-order valence-electron chi connectivity index (χ3n) is 8.64. The molecule has 0 radical (unpaired) electrons. The molecule has 0 spiro atoms. The van der Waals surface area contributed by atoms with Gasteiger partial charge >= 0.3 is 0 Å². The molecule has 0 N–H and O–H groups in total. The van der Waals surface area contributed by atoms with E-state index < -0.39 is 13.7 Å². The van der Waals surface area contributed by atoms with E-state index in [0.717, 1.165) is 60.3 Å². The number of pyridine rings is 1. The van der Waals surface area contributed by atoms with Gasteiger partial charge in [0.15, 0.2) is 11.5 Å². The van der Waals surface area contributed by atoms with Crippen molar-refractivity contribution in [3.05, 3.63) is 66.0 Å². The molecule has 0 unspecified atom stereocenters. The van der Waals surface area contributed by atoms with Crippen LogP contribution in [-0.2, 0) is 37.9 Å². The van der Waals surface area contributed by atoms with Crippen LogP contribution in [-0.4, -0.2) is 78.2 Å². The van der Waals surface area contributed by atoms with Gasteiger partial charge in [-0.25, -0.2) is 9.67 Å². The van der Waals surface area contributed by atoms with Crippen LogP contribution in [0.1, 0.15) is 30.9 Å². The summed E-state index contributed by atoms with van der Waals surface area (Å²) in [5, 5.41) is 10.4. The minimum absolute atomic E-state index is 0.110. The number of anilines is 1. The van der Waals surface area contributed by atoms with Crippen LogP contribution in [0.5, 0.6) is 0 Å². The first-order valence-corrected chi connectivity index (χ1v) is 19.0. The zero-order valence-electron chi connectivity index (χ0n) is 26.0. The van der Waals surface area contributed by atoms with Crippen molar-refractivity contribution in [2.75, 3.05) is 38.4 Å². The number of fused-ring (bicyclic) bond motifs is 1. The fraction of sp³-hybridized carbons (Fsp3) is 0.531. The summed E-state index contributed by atoms with van der Waals surface area (Å²) in [6.07, 6.45) is 5.34. The van der Waals surface area contributed by atoms with Crippen LogP contribution < -0.4 is 4.90 Å². The average molecular weight is 605 g/mol.